The lowest BCUT2D eigenvalue weighted by atomic mass is 10.3. The van der Waals surface area contributed by atoms with Gasteiger partial charge >= 0.3 is 0 Å². The molecule has 110 valence electrons. The summed E-state index contributed by atoms with van der Waals surface area (Å²) in [7, 11) is 0. The second-order valence-electron chi connectivity index (χ2n) is 5.14. The number of benzene rings is 1. The van der Waals surface area contributed by atoms with Gasteiger partial charge in [-0.25, -0.2) is 13.8 Å². The van der Waals surface area contributed by atoms with Crippen molar-refractivity contribution in [1.29, 1.82) is 0 Å². The zero-order valence-corrected chi connectivity index (χ0v) is 11.7. The third kappa shape index (κ3) is 3.09. The van der Waals surface area contributed by atoms with E-state index in [2.05, 4.69) is 20.2 Å². The lowest BCUT2D eigenvalue weighted by molar-refractivity contribution is 0.586. The van der Waals surface area contributed by atoms with E-state index in [0.29, 0.717) is 11.8 Å². The summed E-state index contributed by atoms with van der Waals surface area (Å²) in [5.41, 5.74) is 0.999. The normalized spacial score (nSPS) is 14.5. The zero-order valence-electron chi connectivity index (χ0n) is 11.7. The van der Waals surface area contributed by atoms with Crippen LogP contribution in [-0.4, -0.2) is 23.1 Å². The maximum atomic E-state index is 13.7. The molecule has 6 heteroatoms. The predicted octanol–water partition coefficient (Wildman–Crippen LogP) is 3.41. The van der Waals surface area contributed by atoms with Crippen LogP contribution in [0.3, 0.4) is 0 Å². The molecule has 1 fully saturated rings. The molecule has 1 N–H and O–H groups in total. The van der Waals surface area contributed by atoms with Gasteiger partial charge in [0.25, 0.3) is 0 Å². The van der Waals surface area contributed by atoms with Crippen LogP contribution in [0.4, 0.5) is 26.2 Å². The number of aryl methyl sites for hydroxylation is 1. The highest BCUT2D eigenvalue weighted by molar-refractivity contribution is 5.58. The van der Waals surface area contributed by atoms with Crippen molar-refractivity contribution < 1.29 is 8.78 Å². The molecule has 1 aliphatic heterocycles. The van der Waals surface area contributed by atoms with Crippen LogP contribution >= 0.6 is 0 Å². The minimum absolute atomic E-state index is 0.196. The van der Waals surface area contributed by atoms with Crippen LogP contribution in [0.1, 0.15) is 18.5 Å². The summed E-state index contributed by atoms with van der Waals surface area (Å²) in [5.74, 6) is -0.0870. The molecule has 1 saturated heterocycles. The average molecular weight is 290 g/mol. The van der Waals surface area contributed by atoms with Gasteiger partial charge in [0.15, 0.2) is 0 Å². The topological polar surface area (TPSA) is 41.1 Å². The van der Waals surface area contributed by atoms with Gasteiger partial charge in [-0.2, -0.15) is 4.98 Å². The zero-order chi connectivity index (χ0) is 14.8. The number of nitrogens with one attached hydrogen (secondary N) is 1. The number of anilines is 3. The van der Waals surface area contributed by atoms with Crippen molar-refractivity contribution in [3.8, 4) is 0 Å². The molecular weight excluding hydrogens is 274 g/mol. The molecule has 0 unspecified atom stereocenters. The minimum Gasteiger partial charge on any atom is -0.341 e. The first-order valence-electron chi connectivity index (χ1n) is 6.94. The lowest BCUT2D eigenvalue weighted by Gasteiger charge is -2.17. The Morgan fingerprint density at radius 1 is 1.10 bits per heavy atom. The monoisotopic (exact) mass is 290 g/mol. The van der Waals surface area contributed by atoms with Gasteiger partial charge in [-0.1, -0.05) is 0 Å². The van der Waals surface area contributed by atoms with Crippen LogP contribution in [0.25, 0.3) is 0 Å². The Morgan fingerprint density at radius 2 is 1.86 bits per heavy atom. The smallest absolute Gasteiger partial charge is 0.227 e. The Labute approximate surface area is 121 Å². The van der Waals surface area contributed by atoms with E-state index >= 15 is 0 Å². The Kier molecular flexibility index (Phi) is 3.68. The number of halogens is 2. The molecule has 1 aromatic carbocycles. The SMILES string of the molecule is Cc1cc(Nc2ccc(F)cc2F)nc(N2CCCC2)n1. The largest absolute Gasteiger partial charge is 0.341 e. The van der Waals surface area contributed by atoms with Gasteiger partial charge in [-0.3, -0.25) is 0 Å². The number of hydrogen-bond acceptors (Lipinski definition) is 4. The summed E-state index contributed by atoms with van der Waals surface area (Å²) in [6, 6.07) is 5.15. The van der Waals surface area contributed by atoms with Crippen LogP contribution in [-0.2, 0) is 0 Å². The standard InChI is InChI=1S/C15H16F2N4/c1-10-8-14(19-13-5-4-11(16)9-12(13)17)20-15(18-10)21-6-2-3-7-21/h4-5,8-9H,2-3,6-7H2,1H3,(H,18,19,20). The van der Waals surface area contributed by atoms with Gasteiger partial charge in [-0.15, -0.1) is 0 Å². The molecule has 2 aromatic rings. The Bertz CT molecular complexity index is 654. The fraction of sp³-hybridized carbons (Fsp3) is 0.333. The molecule has 0 aliphatic carbocycles. The summed E-state index contributed by atoms with van der Waals surface area (Å²) in [6.45, 7) is 3.75. The fourth-order valence-electron chi connectivity index (χ4n) is 2.40. The van der Waals surface area contributed by atoms with E-state index in [0.717, 1.165) is 37.7 Å². The second kappa shape index (κ2) is 5.63. The van der Waals surface area contributed by atoms with E-state index < -0.39 is 11.6 Å². The molecule has 3 rings (SSSR count). The molecule has 1 aliphatic rings. The number of hydrogen-bond donors (Lipinski definition) is 1. The average Bonchev–Trinajstić information content (AvgIpc) is 2.95. The van der Waals surface area contributed by atoms with Crippen molar-refractivity contribution in [2.45, 2.75) is 19.8 Å². The maximum Gasteiger partial charge on any atom is 0.227 e. The van der Waals surface area contributed by atoms with Gasteiger partial charge < -0.3 is 10.2 Å². The molecule has 2 heterocycles. The van der Waals surface area contributed by atoms with E-state index in [1.807, 2.05) is 6.92 Å². The molecule has 21 heavy (non-hydrogen) atoms. The van der Waals surface area contributed by atoms with E-state index in [1.54, 1.807) is 6.07 Å². The summed E-state index contributed by atoms with van der Waals surface area (Å²) in [5, 5.41) is 2.88. The molecule has 0 bridgehead atoms. The summed E-state index contributed by atoms with van der Waals surface area (Å²) in [6.07, 6.45) is 2.26. The third-order valence-corrected chi connectivity index (χ3v) is 3.43. The van der Waals surface area contributed by atoms with E-state index in [-0.39, 0.29) is 5.69 Å². The Hall–Kier alpha value is -2.24. The minimum atomic E-state index is -0.644. The van der Waals surface area contributed by atoms with E-state index in [1.165, 1.54) is 12.1 Å². The number of nitrogens with zero attached hydrogens (tertiary/aromatic N) is 3. The predicted molar refractivity (Wildman–Crippen MR) is 77.9 cm³/mol. The molecule has 4 nitrogen and oxygen atoms in total. The molecule has 0 saturated carbocycles. The molecule has 0 radical (unpaired) electrons. The van der Waals surface area contributed by atoms with Crippen LogP contribution in [0.15, 0.2) is 24.3 Å². The Morgan fingerprint density at radius 3 is 2.57 bits per heavy atom. The summed E-state index contributed by atoms with van der Waals surface area (Å²) < 4.78 is 26.6. The van der Waals surface area contributed by atoms with Crippen LogP contribution in [0, 0.1) is 18.6 Å². The van der Waals surface area contributed by atoms with Crippen molar-refractivity contribution in [3.63, 3.8) is 0 Å². The van der Waals surface area contributed by atoms with Gasteiger partial charge in [0.1, 0.15) is 17.5 Å². The quantitative estimate of drug-likeness (QED) is 0.940. The van der Waals surface area contributed by atoms with Crippen LogP contribution in [0.2, 0.25) is 0 Å². The van der Waals surface area contributed by atoms with Crippen molar-refractivity contribution in [1.82, 2.24) is 9.97 Å². The highest BCUT2D eigenvalue weighted by Gasteiger charge is 2.16. The summed E-state index contributed by atoms with van der Waals surface area (Å²) >= 11 is 0. The van der Waals surface area contributed by atoms with Gasteiger partial charge in [0, 0.05) is 30.9 Å². The lowest BCUT2D eigenvalue weighted by Crippen LogP contribution is -2.21. The third-order valence-electron chi connectivity index (χ3n) is 3.43. The van der Waals surface area contributed by atoms with Crippen LogP contribution in [0.5, 0.6) is 0 Å². The van der Waals surface area contributed by atoms with Crippen molar-refractivity contribution in [3.05, 3.63) is 41.6 Å². The Balaban J connectivity index is 1.87. The van der Waals surface area contributed by atoms with Crippen LogP contribution < -0.4 is 10.2 Å². The molecule has 0 spiro atoms. The molecule has 0 amide bonds. The maximum absolute atomic E-state index is 13.7. The van der Waals surface area contributed by atoms with Crippen molar-refractivity contribution in [2.75, 3.05) is 23.3 Å². The molecule has 0 atom stereocenters. The molecule has 1 aromatic heterocycles. The fourth-order valence-corrected chi connectivity index (χ4v) is 2.40. The van der Waals surface area contributed by atoms with Gasteiger partial charge in [-0.05, 0) is 31.9 Å². The highest BCUT2D eigenvalue weighted by Crippen LogP contribution is 2.23. The second-order valence-corrected chi connectivity index (χ2v) is 5.14. The first-order chi connectivity index (χ1) is 10.1. The van der Waals surface area contributed by atoms with E-state index in [4.69, 9.17) is 0 Å². The van der Waals surface area contributed by atoms with Gasteiger partial charge in [0.05, 0.1) is 5.69 Å². The summed E-state index contributed by atoms with van der Waals surface area (Å²) in [4.78, 5) is 10.9. The number of aromatic nitrogens is 2. The van der Waals surface area contributed by atoms with Gasteiger partial charge in [0.2, 0.25) is 5.95 Å². The van der Waals surface area contributed by atoms with Crippen molar-refractivity contribution in [2.24, 2.45) is 0 Å². The first-order valence-corrected chi connectivity index (χ1v) is 6.94. The van der Waals surface area contributed by atoms with Crippen molar-refractivity contribution >= 4 is 17.5 Å². The molecular formula is C15H16F2N4. The highest BCUT2D eigenvalue weighted by atomic mass is 19.1. The number of rotatable bonds is 3. The van der Waals surface area contributed by atoms with E-state index in [9.17, 15) is 8.78 Å². The first kappa shape index (κ1) is 13.7.